The highest BCUT2D eigenvalue weighted by Crippen LogP contribution is 2.44. The zero-order valence-electron chi connectivity index (χ0n) is 27.3. The van der Waals surface area contributed by atoms with Crippen molar-refractivity contribution >= 4 is 65.5 Å². The summed E-state index contributed by atoms with van der Waals surface area (Å²) >= 11 is 0. The van der Waals surface area contributed by atoms with Gasteiger partial charge in [0.2, 0.25) is 0 Å². The molecule has 10 aromatic rings. The van der Waals surface area contributed by atoms with Crippen LogP contribution in [-0.4, -0.2) is 4.57 Å². The second-order valence-electron chi connectivity index (χ2n) is 13.0. The molecule has 1 N–H and O–H groups in total. The van der Waals surface area contributed by atoms with E-state index in [1.807, 2.05) is 0 Å². The Hall–Kier alpha value is -6.64. The van der Waals surface area contributed by atoms with E-state index in [9.17, 15) is 0 Å². The lowest BCUT2D eigenvalue weighted by molar-refractivity contribution is 1.18. The third kappa shape index (κ3) is 4.50. The summed E-state index contributed by atoms with van der Waals surface area (Å²) in [5, 5.41) is 13.8. The van der Waals surface area contributed by atoms with E-state index < -0.39 is 0 Å². The first kappa shape index (κ1) is 28.4. The van der Waals surface area contributed by atoms with Gasteiger partial charge in [-0.2, -0.15) is 0 Å². The van der Waals surface area contributed by atoms with Crippen LogP contribution >= 0.6 is 0 Å². The van der Waals surface area contributed by atoms with Gasteiger partial charge in [0.15, 0.2) is 0 Å². The van der Waals surface area contributed by atoms with Crippen LogP contribution in [0.15, 0.2) is 188 Å². The molecule has 2 heteroatoms. The molecule has 1 aromatic heterocycles. The molecule has 0 saturated heterocycles. The van der Waals surface area contributed by atoms with E-state index in [0.717, 1.165) is 17.1 Å². The molecule has 0 atom stereocenters. The van der Waals surface area contributed by atoms with Gasteiger partial charge in [-0.05, 0) is 74.1 Å². The van der Waals surface area contributed by atoms with Crippen molar-refractivity contribution in [1.29, 1.82) is 0 Å². The van der Waals surface area contributed by atoms with Crippen LogP contribution in [0.1, 0.15) is 0 Å². The van der Waals surface area contributed by atoms with Crippen LogP contribution in [0.5, 0.6) is 0 Å². The van der Waals surface area contributed by atoms with Crippen LogP contribution in [0, 0.1) is 0 Å². The van der Waals surface area contributed by atoms with Gasteiger partial charge in [-0.1, -0.05) is 158 Å². The summed E-state index contributed by atoms with van der Waals surface area (Å²) in [5.41, 5.74) is 10.6. The van der Waals surface area contributed by atoms with Crippen molar-refractivity contribution < 1.29 is 0 Å². The molecule has 0 spiro atoms. The normalized spacial score (nSPS) is 11.6. The van der Waals surface area contributed by atoms with E-state index >= 15 is 0 Å². The molecular weight excluding hydrogens is 605 g/mol. The topological polar surface area (TPSA) is 17.0 Å². The number of hydrogen-bond acceptors (Lipinski definition) is 1. The van der Waals surface area contributed by atoms with Crippen LogP contribution in [-0.2, 0) is 0 Å². The summed E-state index contributed by atoms with van der Waals surface area (Å²) in [6.07, 6.45) is 0. The molecule has 10 rings (SSSR count). The number of aromatic nitrogens is 1. The average Bonchev–Trinajstić information content (AvgIpc) is 3.52. The highest BCUT2D eigenvalue weighted by atomic mass is 15.0. The number of nitrogens with zero attached hydrogens (tertiary/aromatic N) is 1. The molecule has 2 nitrogen and oxygen atoms in total. The summed E-state index contributed by atoms with van der Waals surface area (Å²) in [6, 6.07) is 68.0. The number of para-hydroxylation sites is 2. The molecule has 0 amide bonds. The first-order valence-corrected chi connectivity index (χ1v) is 17.2. The average molecular weight is 637 g/mol. The Bertz CT molecular complexity index is 2780. The van der Waals surface area contributed by atoms with E-state index in [1.54, 1.807) is 0 Å². The minimum atomic E-state index is 1.05. The molecular formula is C48H32N2. The minimum absolute atomic E-state index is 1.05. The van der Waals surface area contributed by atoms with Gasteiger partial charge < -0.3 is 9.88 Å². The predicted molar refractivity (Wildman–Crippen MR) is 214 cm³/mol. The lowest BCUT2D eigenvalue weighted by Crippen LogP contribution is -1.98. The zero-order chi connectivity index (χ0) is 33.0. The van der Waals surface area contributed by atoms with Gasteiger partial charge in [-0.3, -0.25) is 0 Å². The van der Waals surface area contributed by atoms with E-state index in [2.05, 4.69) is 198 Å². The Morgan fingerprint density at radius 2 is 0.860 bits per heavy atom. The second-order valence-corrected chi connectivity index (χ2v) is 13.0. The number of anilines is 2. The summed E-state index contributed by atoms with van der Waals surface area (Å²) in [7, 11) is 0. The fourth-order valence-electron chi connectivity index (χ4n) is 7.94. The van der Waals surface area contributed by atoms with E-state index in [1.165, 1.54) is 76.4 Å². The van der Waals surface area contributed by atoms with Gasteiger partial charge in [0.1, 0.15) is 0 Å². The number of nitrogens with one attached hydrogen (secondary N) is 1. The fourth-order valence-corrected chi connectivity index (χ4v) is 7.94. The van der Waals surface area contributed by atoms with E-state index in [-0.39, 0.29) is 0 Å². The highest BCUT2D eigenvalue weighted by molar-refractivity contribution is 6.21. The van der Waals surface area contributed by atoms with Gasteiger partial charge >= 0.3 is 0 Å². The molecule has 0 aliphatic rings. The van der Waals surface area contributed by atoms with Crippen LogP contribution in [0.3, 0.4) is 0 Å². The molecule has 50 heavy (non-hydrogen) atoms. The zero-order valence-corrected chi connectivity index (χ0v) is 27.3. The number of hydrogen-bond donors (Lipinski definition) is 1. The lowest BCUT2D eigenvalue weighted by atomic mass is 9.89. The fraction of sp³-hybridized carbons (Fsp3) is 0. The van der Waals surface area contributed by atoms with Gasteiger partial charge in [0, 0.05) is 32.9 Å². The monoisotopic (exact) mass is 636 g/mol. The minimum Gasteiger partial charge on any atom is -0.354 e. The Morgan fingerprint density at radius 1 is 0.360 bits per heavy atom. The molecule has 0 aliphatic heterocycles. The largest absolute Gasteiger partial charge is 0.354 e. The van der Waals surface area contributed by atoms with Crippen LogP contribution in [0.2, 0.25) is 0 Å². The van der Waals surface area contributed by atoms with Gasteiger partial charge in [-0.15, -0.1) is 0 Å². The van der Waals surface area contributed by atoms with Crippen molar-refractivity contribution in [3.8, 4) is 27.9 Å². The smallest absolute Gasteiger partial charge is 0.0544 e. The maximum absolute atomic E-state index is 3.90. The van der Waals surface area contributed by atoms with Crippen molar-refractivity contribution in [2.45, 2.75) is 0 Å². The van der Waals surface area contributed by atoms with Crippen molar-refractivity contribution in [1.82, 2.24) is 4.57 Å². The molecule has 0 unspecified atom stereocenters. The highest BCUT2D eigenvalue weighted by Gasteiger charge is 2.17. The molecule has 0 fully saturated rings. The maximum Gasteiger partial charge on any atom is 0.0544 e. The van der Waals surface area contributed by atoms with Gasteiger partial charge in [0.25, 0.3) is 0 Å². The van der Waals surface area contributed by atoms with Crippen molar-refractivity contribution in [2.24, 2.45) is 0 Å². The predicted octanol–water partition coefficient (Wildman–Crippen LogP) is 13.3. The SMILES string of the molecule is c1cc(Nc2c3ccccc3c(-c3ccc(-c4cccc5ccccc45)cc3)c3ccccc23)cc(-n2c3ccccc3c3ccccc32)c1. The molecule has 0 aliphatic carbocycles. The third-order valence-corrected chi connectivity index (χ3v) is 10.2. The van der Waals surface area contributed by atoms with Crippen LogP contribution in [0.4, 0.5) is 11.4 Å². The molecule has 1 heterocycles. The summed E-state index contributed by atoms with van der Waals surface area (Å²) in [5.74, 6) is 0. The van der Waals surface area contributed by atoms with Crippen molar-refractivity contribution in [2.75, 3.05) is 5.32 Å². The van der Waals surface area contributed by atoms with Gasteiger partial charge in [0.05, 0.1) is 16.7 Å². The first-order valence-electron chi connectivity index (χ1n) is 17.2. The second kappa shape index (κ2) is 11.5. The Morgan fingerprint density at radius 3 is 1.52 bits per heavy atom. The van der Waals surface area contributed by atoms with E-state index in [4.69, 9.17) is 0 Å². The third-order valence-electron chi connectivity index (χ3n) is 10.2. The summed E-state index contributed by atoms with van der Waals surface area (Å²) < 4.78 is 2.37. The maximum atomic E-state index is 3.90. The van der Waals surface area contributed by atoms with Crippen molar-refractivity contribution in [3.63, 3.8) is 0 Å². The quantitative estimate of drug-likeness (QED) is 0.186. The lowest BCUT2D eigenvalue weighted by Gasteiger charge is -2.19. The van der Waals surface area contributed by atoms with Gasteiger partial charge in [-0.25, -0.2) is 0 Å². The standard InChI is InChI=1S/C48H32N2/c1-2-17-37-32(13-1)14-11-24-38(37)33-27-29-34(30-28-33)47-41-20-3-5-22-43(41)48(44-23-6-4-21-42(44)47)49-35-15-12-16-36(31-35)50-45-25-9-7-18-39(45)40-19-8-10-26-46(40)50/h1-31,49H. The van der Waals surface area contributed by atoms with E-state index in [0.29, 0.717) is 0 Å². The number of fused-ring (bicyclic) bond motifs is 6. The summed E-state index contributed by atoms with van der Waals surface area (Å²) in [4.78, 5) is 0. The molecule has 0 bridgehead atoms. The Balaban J connectivity index is 1.11. The molecule has 9 aromatic carbocycles. The number of rotatable bonds is 5. The Labute approximate surface area is 290 Å². The first-order chi connectivity index (χ1) is 24.8. The number of benzene rings is 9. The van der Waals surface area contributed by atoms with Crippen LogP contribution < -0.4 is 5.32 Å². The molecule has 0 radical (unpaired) electrons. The van der Waals surface area contributed by atoms with Crippen LogP contribution in [0.25, 0.3) is 82.1 Å². The Kier molecular flexibility index (Phi) is 6.53. The van der Waals surface area contributed by atoms with Crippen molar-refractivity contribution in [3.05, 3.63) is 188 Å². The summed E-state index contributed by atoms with van der Waals surface area (Å²) in [6.45, 7) is 0. The molecule has 234 valence electrons. The molecule has 0 saturated carbocycles.